The fourth-order valence-electron chi connectivity index (χ4n) is 4.18. The molecule has 0 saturated carbocycles. The number of imidazole rings is 1. The Morgan fingerprint density at radius 2 is 2.07 bits per heavy atom. The molecule has 4 atom stereocenters. The third kappa shape index (κ3) is 2.77. The number of fused-ring (bicyclic) bond motifs is 1. The molecule has 1 aliphatic rings. The van der Waals surface area contributed by atoms with Crippen LogP contribution in [0, 0.1) is 17.2 Å². The molecular weight excluding hydrogens is 368 g/mol. The zero-order chi connectivity index (χ0) is 20.6. The Morgan fingerprint density at radius 3 is 2.76 bits per heavy atom. The number of hydrogen-bond acceptors (Lipinski definition) is 7. The van der Waals surface area contributed by atoms with E-state index in [1.54, 1.807) is 6.20 Å². The van der Waals surface area contributed by atoms with E-state index in [1.165, 1.54) is 10.8 Å². The van der Waals surface area contributed by atoms with Crippen molar-refractivity contribution in [2.75, 3.05) is 5.73 Å². The van der Waals surface area contributed by atoms with Gasteiger partial charge in [0.1, 0.15) is 23.7 Å². The van der Waals surface area contributed by atoms with E-state index in [1.807, 2.05) is 44.2 Å². The van der Waals surface area contributed by atoms with Gasteiger partial charge in [-0.05, 0) is 18.9 Å². The van der Waals surface area contributed by atoms with Crippen molar-refractivity contribution >= 4 is 11.5 Å². The highest BCUT2D eigenvalue weighted by Crippen LogP contribution is 2.53. The van der Waals surface area contributed by atoms with Crippen molar-refractivity contribution in [3.05, 3.63) is 54.1 Å². The molecule has 4 rings (SSSR count). The summed E-state index contributed by atoms with van der Waals surface area (Å²) >= 11 is 0. The lowest BCUT2D eigenvalue weighted by molar-refractivity contribution is -0.144. The molecule has 2 N–H and O–H groups in total. The SMILES string of the molecule is CC[C@H]1OC(C#N)(c2cnc3c(N)ncnn23)[C@](C)(OCc2ccccc2)[C@@H]1C. The lowest BCUT2D eigenvalue weighted by Crippen LogP contribution is -2.51. The van der Waals surface area contributed by atoms with Gasteiger partial charge in [-0.1, -0.05) is 44.2 Å². The van der Waals surface area contributed by atoms with Crippen LogP contribution < -0.4 is 5.73 Å². The number of aromatic nitrogens is 4. The summed E-state index contributed by atoms with van der Waals surface area (Å²) in [5.74, 6) is 0.199. The van der Waals surface area contributed by atoms with Gasteiger partial charge in [0, 0.05) is 5.92 Å². The molecule has 8 heteroatoms. The molecule has 0 bridgehead atoms. The number of nitrogen functional groups attached to an aromatic ring is 1. The average molecular weight is 392 g/mol. The van der Waals surface area contributed by atoms with E-state index in [4.69, 9.17) is 15.2 Å². The fourth-order valence-corrected chi connectivity index (χ4v) is 4.18. The third-order valence-electron chi connectivity index (χ3n) is 6.09. The second kappa shape index (κ2) is 7.10. The van der Waals surface area contributed by atoms with Crippen molar-refractivity contribution in [2.24, 2.45) is 5.92 Å². The fraction of sp³-hybridized carbons (Fsp3) is 0.429. The van der Waals surface area contributed by atoms with Gasteiger partial charge >= 0.3 is 0 Å². The highest BCUT2D eigenvalue weighted by Gasteiger charge is 2.65. The van der Waals surface area contributed by atoms with Gasteiger partial charge in [0.2, 0.25) is 5.60 Å². The summed E-state index contributed by atoms with van der Waals surface area (Å²) in [5, 5.41) is 14.7. The van der Waals surface area contributed by atoms with Crippen LogP contribution in [0.4, 0.5) is 5.82 Å². The van der Waals surface area contributed by atoms with Crippen molar-refractivity contribution in [3.8, 4) is 6.07 Å². The van der Waals surface area contributed by atoms with Crippen LogP contribution in [0.2, 0.25) is 0 Å². The van der Waals surface area contributed by atoms with Crippen molar-refractivity contribution in [1.82, 2.24) is 19.6 Å². The van der Waals surface area contributed by atoms with Crippen LogP contribution >= 0.6 is 0 Å². The summed E-state index contributed by atoms with van der Waals surface area (Å²) in [7, 11) is 0. The molecule has 29 heavy (non-hydrogen) atoms. The first-order valence-corrected chi connectivity index (χ1v) is 9.68. The zero-order valence-electron chi connectivity index (χ0n) is 16.7. The summed E-state index contributed by atoms with van der Waals surface area (Å²) in [6.07, 6.45) is 3.53. The largest absolute Gasteiger partial charge is 0.381 e. The van der Waals surface area contributed by atoms with Crippen molar-refractivity contribution in [2.45, 2.75) is 51.1 Å². The molecule has 0 radical (unpaired) electrons. The molecule has 8 nitrogen and oxygen atoms in total. The van der Waals surface area contributed by atoms with Gasteiger partial charge in [-0.3, -0.25) is 0 Å². The van der Waals surface area contributed by atoms with Gasteiger partial charge in [-0.15, -0.1) is 0 Å². The number of rotatable bonds is 5. The molecule has 3 aromatic rings. The summed E-state index contributed by atoms with van der Waals surface area (Å²) in [4.78, 5) is 8.32. The number of nitrogens with zero attached hydrogens (tertiary/aromatic N) is 5. The summed E-state index contributed by atoms with van der Waals surface area (Å²) in [6, 6.07) is 12.3. The quantitative estimate of drug-likeness (QED) is 0.710. The second-order valence-electron chi connectivity index (χ2n) is 7.55. The Balaban J connectivity index is 1.84. The minimum atomic E-state index is -1.40. The zero-order valence-corrected chi connectivity index (χ0v) is 16.7. The monoisotopic (exact) mass is 392 g/mol. The molecule has 0 spiro atoms. The van der Waals surface area contributed by atoms with Crippen LogP contribution in [0.25, 0.3) is 5.65 Å². The maximum Gasteiger partial charge on any atom is 0.227 e. The Bertz CT molecular complexity index is 1060. The van der Waals surface area contributed by atoms with Crippen LogP contribution in [0.3, 0.4) is 0 Å². The standard InChI is InChI=1S/C21H24N6O2/c1-4-16-14(2)20(3,28-11-15-8-6-5-7-9-15)21(12-22,29-16)17-10-24-19-18(23)25-13-26-27(17)19/h5-10,13-14,16H,4,11H2,1-3H3,(H2,23,25,26)/t14-,16-,20-,21?/m1/s1. The van der Waals surface area contributed by atoms with Crippen LogP contribution in [-0.2, 0) is 21.7 Å². The molecule has 150 valence electrons. The van der Waals surface area contributed by atoms with Crippen LogP contribution in [0.15, 0.2) is 42.9 Å². The minimum absolute atomic E-state index is 0.0411. The van der Waals surface area contributed by atoms with Crippen LogP contribution in [-0.4, -0.2) is 31.3 Å². The predicted molar refractivity (Wildman–Crippen MR) is 106 cm³/mol. The van der Waals surface area contributed by atoms with E-state index in [0.717, 1.165) is 12.0 Å². The number of hydrogen-bond donors (Lipinski definition) is 1. The predicted octanol–water partition coefficient (Wildman–Crippen LogP) is 2.85. The van der Waals surface area contributed by atoms with Gasteiger partial charge in [0.15, 0.2) is 11.5 Å². The number of anilines is 1. The molecule has 0 aliphatic carbocycles. The van der Waals surface area contributed by atoms with Gasteiger partial charge in [-0.2, -0.15) is 10.4 Å². The van der Waals surface area contributed by atoms with E-state index in [-0.39, 0.29) is 17.8 Å². The van der Waals surface area contributed by atoms with Gasteiger partial charge in [0.25, 0.3) is 0 Å². The van der Waals surface area contributed by atoms with E-state index in [0.29, 0.717) is 17.9 Å². The molecular formula is C21H24N6O2. The highest BCUT2D eigenvalue weighted by atomic mass is 16.6. The number of ether oxygens (including phenoxy) is 2. The summed E-state index contributed by atoms with van der Waals surface area (Å²) in [5.41, 5.74) is 5.51. The first-order valence-electron chi connectivity index (χ1n) is 9.68. The molecule has 2 aromatic heterocycles. The first-order chi connectivity index (χ1) is 14.0. The maximum atomic E-state index is 10.4. The van der Waals surface area contributed by atoms with E-state index in [9.17, 15) is 5.26 Å². The van der Waals surface area contributed by atoms with Crippen LogP contribution in [0.5, 0.6) is 0 Å². The van der Waals surface area contributed by atoms with Crippen molar-refractivity contribution in [1.29, 1.82) is 5.26 Å². The van der Waals surface area contributed by atoms with E-state index < -0.39 is 11.2 Å². The molecule has 0 amide bonds. The second-order valence-corrected chi connectivity index (χ2v) is 7.55. The lowest BCUT2D eigenvalue weighted by Gasteiger charge is -2.38. The Morgan fingerprint density at radius 1 is 1.31 bits per heavy atom. The third-order valence-corrected chi connectivity index (χ3v) is 6.09. The highest BCUT2D eigenvalue weighted by molar-refractivity contribution is 5.59. The first kappa shape index (κ1) is 19.3. The summed E-state index contributed by atoms with van der Waals surface area (Å²) in [6.45, 7) is 6.40. The molecule has 1 unspecified atom stereocenters. The molecule has 1 fully saturated rings. The number of nitriles is 1. The normalized spacial score (nSPS) is 29.2. The lowest BCUT2D eigenvalue weighted by atomic mass is 9.75. The Labute approximate surface area is 169 Å². The van der Waals surface area contributed by atoms with Crippen LogP contribution in [0.1, 0.15) is 38.4 Å². The number of benzene rings is 1. The average Bonchev–Trinajstić information content (AvgIpc) is 3.27. The van der Waals surface area contributed by atoms with Gasteiger partial charge in [0.05, 0.1) is 18.9 Å². The minimum Gasteiger partial charge on any atom is -0.381 e. The molecule has 3 heterocycles. The Kier molecular flexibility index (Phi) is 4.73. The molecule has 1 saturated heterocycles. The van der Waals surface area contributed by atoms with Crippen molar-refractivity contribution < 1.29 is 9.47 Å². The Hall–Kier alpha value is -3.02. The molecule has 1 aromatic carbocycles. The van der Waals surface area contributed by atoms with Gasteiger partial charge in [-0.25, -0.2) is 14.5 Å². The number of nitrogens with two attached hydrogens (primary N) is 1. The van der Waals surface area contributed by atoms with Gasteiger partial charge < -0.3 is 15.2 Å². The van der Waals surface area contributed by atoms with Crippen molar-refractivity contribution in [3.63, 3.8) is 0 Å². The van der Waals surface area contributed by atoms with E-state index >= 15 is 0 Å². The topological polar surface area (TPSA) is 111 Å². The summed E-state index contributed by atoms with van der Waals surface area (Å²) < 4.78 is 14.4. The molecule has 1 aliphatic heterocycles. The maximum absolute atomic E-state index is 10.4. The van der Waals surface area contributed by atoms with E-state index in [2.05, 4.69) is 28.1 Å². The smallest absolute Gasteiger partial charge is 0.227 e.